The Hall–Kier alpha value is -1.55. The highest BCUT2D eigenvalue weighted by molar-refractivity contribution is 5.94. The van der Waals surface area contributed by atoms with Gasteiger partial charge in [-0.3, -0.25) is 4.79 Å². The van der Waals surface area contributed by atoms with Crippen LogP contribution in [-0.2, 0) is 0 Å². The summed E-state index contributed by atoms with van der Waals surface area (Å²) in [5, 5.41) is 9.32. The summed E-state index contributed by atoms with van der Waals surface area (Å²) in [5.41, 5.74) is 6.63. The Morgan fingerprint density at radius 3 is 2.73 bits per heavy atom. The highest BCUT2D eigenvalue weighted by Crippen LogP contribution is 2.17. The van der Waals surface area contributed by atoms with Crippen molar-refractivity contribution in [2.24, 2.45) is 5.73 Å². The molecule has 0 heterocycles. The zero-order chi connectivity index (χ0) is 11.4. The number of hydrogen-bond acceptors (Lipinski definition) is 3. The molecular weight excluding hydrogens is 192 g/mol. The number of aromatic hydroxyl groups is 1. The highest BCUT2D eigenvalue weighted by Gasteiger charge is 2.11. The van der Waals surface area contributed by atoms with E-state index in [2.05, 4.69) is 0 Å². The quantitative estimate of drug-likeness (QED) is 0.769. The minimum atomic E-state index is -0.0800. The number of nitrogens with zero attached hydrogens (tertiary/aromatic N) is 1. The minimum Gasteiger partial charge on any atom is -0.508 e. The molecule has 0 aliphatic carbocycles. The van der Waals surface area contributed by atoms with Gasteiger partial charge in [0, 0.05) is 25.7 Å². The van der Waals surface area contributed by atoms with Gasteiger partial charge in [0.15, 0.2) is 0 Å². The first kappa shape index (κ1) is 11.5. The van der Waals surface area contributed by atoms with Gasteiger partial charge in [-0.25, -0.2) is 0 Å². The van der Waals surface area contributed by atoms with Crippen molar-refractivity contribution in [1.29, 1.82) is 0 Å². The Balaban J connectivity index is 2.87. The standard InChI is InChI=1S/C11H16N2O2/c1-8-7-9(3-4-10(8)14)11(15)13(2)6-5-12/h3-4,7,14H,5-6,12H2,1-2H3. The predicted molar refractivity (Wildman–Crippen MR) is 58.9 cm³/mol. The van der Waals surface area contributed by atoms with Gasteiger partial charge in [-0.1, -0.05) is 0 Å². The topological polar surface area (TPSA) is 66.6 Å². The Kier molecular flexibility index (Phi) is 3.68. The lowest BCUT2D eigenvalue weighted by Gasteiger charge is -2.16. The van der Waals surface area contributed by atoms with Gasteiger partial charge in [0.1, 0.15) is 5.75 Å². The molecule has 15 heavy (non-hydrogen) atoms. The zero-order valence-corrected chi connectivity index (χ0v) is 9.03. The molecule has 1 rings (SSSR count). The Morgan fingerprint density at radius 1 is 1.53 bits per heavy atom. The zero-order valence-electron chi connectivity index (χ0n) is 9.03. The summed E-state index contributed by atoms with van der Waals surface area (Å²) in [6.07, 6.45) is 0. The van der Waals surface area contributed by atoms with Crippen LogP contribution in [0, 0.1) is 6.92 Å². The van der Waals surface area contributed by atoms with Crippen LogP contribution in [0.2, 0.25) is 0 Å². The molecule has 0 unspecified atom stereocenters. The summed E-state index contributed by atoms with van der Waals surface area (Å²) in [7, 11) is 1.71. The molecule has 4 nitrogen and oxygen atoms in total. The fourth-order valence-electron chi connectivity index (χ4n) is 1.30. The Bertz CT molecular complexity index is 364. The average molecular weight is 208 g/mol. The van der Waals surface area contributed by atoms with Crippen LogP contribution >= 0.6 is 0 Å². The number of hydrogen-bond donors (Lipinski definition) is 2. The predicted octanol–water partition coefficient (Wildman–Crippen LogP) is 0.731. The van der Waals surface area contributed by atoms with E-state index in [1.165, 1.54) is 6.07 Å². The number of carbonyl (C=O) groups excluding carboxylic acids is 1. The van der Waals surface area contributed by atoms with Crippen LogP contribution in [0.5, 0.6) is 5.75 Å². The molecule has 0 saturated carbocycles. The molecule has 0 aromatic heterocycles. The minimum absolute atomic E-state index is 0.0800. The highest BCUT2D eigenvalue weighted by atomic mass is 16.3. The molecule has 0 aliphatic heterocycles. The molecule has 82 valence electrons. The van der Waals surface area contributed by atoms with Crippen LogP contribution in [0.3, 0.4) is 0 Å². The average Bonchev–Trinajstić information content (AvgIpc) is 2.21. The molecule has 1 aromatic rings. The third kappa shape index (κ3) is 2.70. The summed E-state index contributed by atoms with van der Waals surface area (Å²) < 4.78 is 0. The number of phenols is 1. The molecule has 1 amide bonds. The van der Waals surface area contributed by atoms with E-state index >= 15 is 0 Å². The van der Waals surface area contributed by atoms with E-state index < -0.39 is 0 Å². The molecule has 0 spiro atoms. The SMILES string of the molecule is Cc1cc(C(=O)N(C)CCN)ccc1O. The van der Waals surface area contributed by atoms with Crippen LogP contribution in [0.25, 0.3) is 0 Å². The normalized spacial score (nSPS) is 10.1. The largest absolute Gasteiger partial charge is 0.508 e. The summed E-state index contributed by atoms with van der Waals surface area (Å²) in [4.78, 5) is 13.3. The van der Waals surface area contributed by atoms with Crippen molar-refractivity contribution >= 4 is 5.91 Å². The number of nitrogens with two attached hydrogens (primary N) is 1. The van der Waals surface area contributed by atoms with Gasteiger partial charge in [-0.05, 0) is 30.7 Å². The second-order valence-electron chi connectivity index (χ2n) is 3.52. The fourth-order valence-corrected chi connectivity index (χ4v) is 1.30. The number of phenolic OH excluding ortho intramolecular Hbond substituents is 1. The molecular formula is C11H16N2O2. The molecule has 0 aliphatic rings. The molecule has 0 fully saturated rings. The number of likely N-dealkylation sites (N-methyl/N-ethyl adjacent to an activating group) is 1. The van der Waals surface area contributed by atoms with E-state index in [-0.39, 0.29) is 11.7 Å². The van der Waals surface area contributed by atoms with Gasteiger partial charge in [0.25, 0.3) is 5.91 Å². The molecule has 4 heteroatoms. The van der Waals surface area contributed by atoms with Gasteiger partial charge >= 0.3 is 0 Å². The fraction of sp³-hybridized carbons (Fsp3) is 0.364. The van der Waals surface area contributed by atoms with Gasteiger partial charge in [-0.2, -0.15) is 0 Å². The van der Waals surface area contributed by atoms with Crippen molar-refractivity contribution in [2.45, 2.75) is 6.92 Å². The first-order valence-electron chi connectivity index (χ1n) is 4.81. The maximum Gasteiger partial charge on any atom is 0.253 e. The van der Waals surface area contributed by atoms with Crippen molar-refractivity contribution < 1.29 is 9.90 Å². The summed E-state index contributed by atoms with van der Waals surface area (Å²) in [5.74, 6) is 0.122. The molecule has 0 atom stereocenters. The first-order valence-corrected chi connectivity index (χ1v) is 4.81. The lowest BCUT2D eigenvalue weighted by molar-refractivity contribution is 0.0799. The summed E-state index contributed by atoms with van der Waals surface area (Å²) >= 11 is 0. The first-order chi connectivity index (χ1) is 7.06. The van der Waals surface area contributed by atoms with E-state index in [0.717, 1.165) is 0 Å². The molecule has 3 N–H and O–H groups in total. The maximum atomic E-state index is 11.8. The van der Waals surface area contributed by atoms with Crippen molar-refractivity contribution in [3.63, 3.8) is 0 Å². The van der Waals surface area contributed by atoms with Crippen LogP contribution in [0.4, 0.5) is 0 Å². The Labute approximate surface area is 89.3 Å². The van der Waals surface area contributed by atoms with Crippen molar-refractivity contribution in [2.75, 3.05) is 20.1 Å². The number of rotatable bonds is 3. The molecule has 0 radical (unpaired) electrons. The second kappa shape index (κ2) is 4.79. The maximum absolute atomic E-state index is 11.8. The van der Waals surface area contributed by atoms with Crippen LogP contribution < -0.4 is 5.73 Å². The van der Waals surface area contributed by atoms with E-state index in [0.29, 0.717) is 24.2 Å². The van der Waals surface area contributed by atoms with E-state index in [1.54, 1.807) is 31.0 Å². The van der Waals surface area contributed by atoms with Gasteiger partial charge in [0.05, 0.1) is 0 Å². The van der Waals surface area contributed by atoms with Crippen LogP contribution in [0.1, 0.15) is 15.9 Å². The number of amides is 1. The second-order valence-corrected chi connectivity index (χ2v) is 3.52. The Morgan fingerprint density at radius 2 is 2.20 bits per heavy atom. The number of benzene rings is 1. The van der Waals surface area contributed by atoms with E-state index in [4.69, 9.17) is 5.73 Å². The number of aryl methyl sites for hydroxylation is 1. The van der Waals surface area contributed by atoms with Crippen LogP contribution in [0.15, 0.2) is 18.2 Å². The number of carbonyl (C=O) groups is 1. The smallest absolute Gasteiger partial charge is 0.253 e. The summed E-state index contributed by atoms with van der Waals surface area (Å²) in [6, 6.07) is 4.81. The third-order valence-corrected chi connectivity index (χ3v) is 2.25. The lowest BCUT2D eigenvalue weighted by atomic mass is 10.1. The lowest BCUT2D eigenvalue weighted by Crippen LogP contribution is -2.31. The van der Waals surface area contributed by atoms with E-state index in [9.17, 15) is 9.90 Å². The third-order valence-electron chi connectivity index (χ3n) is 2.25. The van der Waals surface area contributed by atoms with Gasteiger partial charge < -0.3 is 15.7 Å². The van der Waals surface area contributed by atoms with Crippen molar-refractivity contribution in [3.8, 4) is 5.75 Å². The van der Waals surface area contributed by atoms with E-state index in [1.807, 2.05) is 0 Å². The van der Waals surface area contributed by atoms with Crippen LogP contribution in [-0.4, -0.2) is 36.1 Å². The summed E-state index contributed by atoms with van der Waals surface area (Å²) in [6.45, 7) is 2.73. The molecule has 0 bridgehead atoms. The molecule has 0 saturated heterocycles. The monoisotopic (exact) mass is 208 g/mol. The van der Waals surface area contributed by atoms with Gasteiger partial charge in [0.2, 0.25) is 0 Å². The van der Waals surface area contributed by atoms with Gasteiger partial charge in [-0.15, -0.1) is 0 Å². The molecule has 1 aromatic carbocycles. The van der Waals surface area contributed by atoms with Crippen molar-refractivity contribution in [3.05, 3.63) is 29.3 Å². The van der Waals surface area contributed by atoms with Crippen molar-refractivity contribution in [1.82, 2.24) is 4.90 Å².